The largest absolute Gasteiger partial charge is 0.444 e. The van der Waals surface area contributed by atoms with E-state index in [0.29, 0.717) is 22.5 Å². The summed E-state index contributed by atoms with van der Waals surface area (Å²) < 4.78 is 19.2. The Bertz CT molecular complexity index is 565. The van der Waals surface area contributed by atoms with Crippen molar-refractivity contribution >= 4 is 33.6 Å². The molecule has 1 aromatic rings. The second kappa shape index (κ2) is 7.67. The van der Waals surface area contributed by atoms with Crippen LogP contribution in [0, 0.1) is 17.7 Å². The fourth-order valence-corrected chi connectivity index (χ4v) is 2.23. The van der Waals surface area contributed by atoms with E-state index in [0.717, 1.165) is 0 Å². The van der Waals surface area contributed by atoms with Gasteiger partial charge in [0.05, 0.1) is 5.56 Å². The monoisotopic (exact) mass is 375 g/mol. The van der Waals surface area contributed by atoms with E-state index in [-0.39, 0.29) is 5.56 Å². The highest BCUT2D eigenvalue weighted by Gasteiger charge is 2.15. The molecule has 3 nitrogen and oxygen atoms in total. The Labute approximate surface area is 137 Å². The van der Waals surface area contributed by atoms with Crippen molar-refractivity contribution in [3.05, 3.63) is 33.0 Å². The van der Waals surface area contributed by atoms with Gasteiger partial charge < -0.3 is 10.1 Å². The first kappa shape index (κ1) is 17.8. The van der Waals surface area contributed by atoms with Gasteiger partial charge in [0, 0.05) is 22.5 Å². The zero-order valence-electron chi connectivity index (χ0n) is 12.0. The lowest BCUT2D eigenvalue weighted by atomic mass is 10.2. The zero-order chi connectivity index (χ0) is 16.0. The Balaban J connectivity index is 2.50. The summed E-state index contributed by atoms with van der Waals surface area (Å²) in [7, 11) is 0. The van der Waals surface area contributed by atoms with Gasteiger partial charge >= 0.3 is 6.09 Å². The van der Waals surface area contributed by atoms with Gasteiger partial charge in [-0.3, -0.25) is 0 Å². The van der Waals surface area contributed by atoms with Crippen LogP contribution in [0.4, 0.5) is 9.18 Å². The molecule has 0 aliphatic heterocycles. The summed E-state index contributed by atoms with van der Waals surface area (Å²) in [6.45, 7) is 5.68. The van der Waals surface area contributed by atoms with E-state index in [4.69, 9.17) is 16.3 Å². The third-order valence-corrected chi connectivity index (χ3v) is 2.98. The fourth-order valence-electron chi connectivity index (χ4n) is 1.35. The van der Waals surface area contributed by atoms with E-state index in [1.165, 1.54) is 6.07 Å². The van der Waals surface area contributed by atoms with Crippen molar-refractivity contribution in [3.8, 4) is 11.8 Å². The van der Waals surface area contributed by atoms with Crippen molar-refractivity contribution < 1.29 is 13.9 Å². The summed E-state index contributed by atoms with van der Waals surface area (Å²) in [5, 5.41) is 2.88. The summed E-state index contributed by atoms with van der Waals surface area (Å²) >= 11 is 8.92. The summed E-state index contributed by atoms with van der Waals surface area (Å²) in [6.07, 6.45) is -0.114. The number of carbonyl (C=O) groups excluding carboxylic acids is 1. The third-order valence-electron chi connectivity index (χ3n) is 2.14. The first-order valence-corrected chi connectivity index (χ1v) is 7.46. The lowest BCUT2D eigenvalue weighted by Gasteiger charge is -2.19. The van der Waals surface area contributed by atoms with Crippen LogP contribution in [0.2, 0.25) is 5.02 Å². The van der Waals surface area contributed by atoms with Crippen LogP contribution < -0.4 is 5.32 Å². The lowest BCUT2D eigenvalue weighted by Crippen LogP contribution is -2.32. The van der Waals surface area contributed by atoms with Gasteiger partial charge in [-0.05, 0) is 48.8 Å². The Morgan fingerprint density at radius 1 is 1.48 bits per heavy atom. The number of rotatable bonds is 2. The maximum atomic E-state index is 13.6. The highest BCUT2D eigenvalue weighted by Crippen LogP contribution is 2.23. The summed E-state index contributed by atoms with van der Waals surface area (Å²) in [4.78, 5) is 11.4. The number of hydrogen-bond acceptors (Lipinski definition) is 2. The van der Waals surface area contributed by atoms with Crippen molar-refractivity contribution in [2.45, 2.75) is 32.8 Å². The minimum Gasteiger partial charge on any atom is -0.444 e. The predicted molar refractivity (Wildman–Crippen MR) is 84.8 cm³/mol. The molecule has 114 valence electrons. The first-order valence-electron chi connectivity index (χ1n) is 6.29. The number of ether oxygens (including phenoxy) is 1. The molecule has 0 unspecified atom stereocenters. The highest BCUT2D eigenvalue weighted by atomic mass is 79.9. The second-order valence-electron chi connectivity index (χ2n) is 5.22. The van der Waals surface area contributed by atoms with Gasteiger partial charge in [0.15, 0.2) is 0 Å². The maximum absolute atomic E-state index is 13.6. The molecule has 0 saturated heterocycles. The molecule has 0 atom stereocenters. The van der Waals surface area contributed by atoms with Crippen LogP contribution in [0.5, 0.6) is 0 Å². The average Bonchev–Trinajstić information content (AvgIpc) is 2.29. The van der Waals surface area contributed by atoms with E-state index in [9.17, 15) is 9.18 Å². The number of amides is 1. The molecule has 0 spiro atoms. The maximum Gasteiger partial charge on any atom is 0.407 e. The van der Waals surface area contributed by atoms with Gasteiger partial charge in [0.1, 0.15) is 11.4 Å². The number of benzene rings is 1. The SMILES string of the molecule is CC(C)(C)OC(=O)NCCC#Cc1c(F)cc(Cl)cc1Br. The Morgan fingerprint density at radius 3 is 2.71 bits per heavy atom. The lowest BCUT2D eigenvalue weighted by molar-refractivity contribution is 0.0529. The molecule has 0 heterocycles. The van der Waals surface area contributed by atoms with Crippen LogP contribution in [0.15, 0.2) is 16.6 Å². The van der Waals surface area contributed by atoms with E-state index < -0.39 is 17.5 Å². The van der Waals surface area contributed by atoms with Crippen LogP contribution in [0.1, 0.15) is 32.8 Å². The average molecular weight is 377 g/mol. The van der Waals surface area contributed by atoms with Crippen molar-refractivity contribution in [3.63, 3.8) is 0 Å². The van der Waals surface area contributed by atoms with Gasteiger partial charge in [-0.15, -0.1) is 0 Å². The summed E-state index contributed by atoms with van der Waals surface area (Å²) in [5.41, 5.74) is -0.288. The number of alkyl carbamates (subject to hydrolysis) is 1. The summed E-state index contributed by atoms with van der Waals surface area (Å²) in [5.74, 6) is 5.01. The van der Waals surface area contributed by atoms with Crippen molar-refractivity contribution in [2.24, 2.45) is 0 Å². The minimum absolute atomic E-state index is 0.247. The van der Waals surface area contributed by atoms with Gasteiger partial charge in [0.25, 0.3) is 0 Å². The molecule has 1 amide bonds. The van der Waals surface area contributed by atoms with E-state index in [1.54, 1.807) is 26.8 Å². The molecule has 0 fully saturated rings. The van der Waals surface area contributed by atoms with E-state index in [1.807, 2.05) is 0 Å². The van der Waals surface area contributed by atoms with Crippen LogP contribution >= 0.6 is 27.5 Å². The molecule has 0 aliphatic rings. The van der Waals surface area contributed by atoms with Crippen molar-refractivity contribution in [2.75, 3.05) is 6.54 Å². The Morgan fingerprint density at radius 2 is 2.14 bits per heavy atom. The molecule has 1 N–H and O–H groups in total. The molecule has 0 aliphatic carbocycles. The highest BCUT2D eigenvalue weighted by molar-refractivity contribution is 9.10. The smallest absolute Gasteiger partial charge is 0.407 e. The predicted octanol–water partition coefficient (Wildman–Crippen LogP) is 4.51. The van der Waals surface area contributed by atoms with Crippen molar-refractivity contribution in [1.82, 2.24) is 5.32 Å². The molecule has 1 aromatic carbocycles. The first-order chi connectivity index (χ1) is 9.69. The molecule has 21 heavy (non-hydrogen) atoms. The molecule has 0 radical (unpaired) electrons. The zero-order valence-corrected chi connectivity index (χ0v) is 14.4. The van der Waals surface area contributed by atoms with Gasteiger partial charge in [0.2, 0.25) is 0 Å². The molecule has 0 saturated carbocycles. The minimum atomic E-state index is -0.535. The molecule has 0 aromatic heterocycles. The normalized spacial score (nSPS) is 10.6. The van der Waals surface area contributed by atoms with Crippen LogP contribution in [0.3, 0.4) is 0 Å². The van der Waals surface area contributed by atoms with Crippen LogP contribution in [0.25, 0.3) is 0 Å². The van der Waals surface area contributed by atoms with E-state index >= 15 is 0 Å². The van der Waals surface area contributed by atoms with Gasteiger partial charge in [-0.1, -0.05) is 23.4 Å². The second-order valence-corrected chi connectivity index (χ2v) is 6.52. The molecular weight excluding hydrogens is 361 g/mol. The topological polar surface area (TPSA) is 38.3 Å². The van der Waals surface area contributed by atoms with E-state index in [2.05, 4.69) is 33.1 Å². The summed E-state index contributed by atoms with van der Waals surface area (Å²) in [6, 6.07) is 2.78. The van der Waals surface area contributed by atoms with Crippen molar-refractivity contribution in [1.29, 1.82) is 0 Å². The van der Waals surface area contributed by atoms with Gasteiger partial charge in [-0.25, -0.2) is 9.18 Å². The molecule has 1 rings (SSSR count). The number of carbonyl (C=O) groups is 1. The fraction of sp³-hybridized carbons (Fsp3) is 0.400. The van der Waals surface area contributed by atoms with Crippen LogP contribution in [-0.2, 0) is 4.74 Å². The molecular formula is C15H16BrClFNO2. The Kier molecular flexibility index (Phi) is 6.50. The number of halogens is 3. The number of nitrogens with one attached hydrogen (secondary N) is 1. The third kappa shape index (κ3) is 6.83. The van der Waals surface area contributed by atoms with Gasteiger partial charge in [-0.2, -0.15) is 0 Å². The standard InChI is InChI=1S/C15H16BrClFNO2/c1-15(2,3)21-14(20)19-7-5-4-6-11-12(16)8-10(17)9-13(11)18/h8-9H,5,7H2,1-3H3,(H,19,20). The molecule has 6 heteroatoms. The quantitative estimate of drug-likeness (QED) is 0.609. The van der Waals surface area contributed by atoms with Crippen LogP contribution in [-0.4, -0.2) is 18.2 Å². The Hall–Kier alpha value is -1.25. The molecule has 0 bridgehead atoms. The number of hydrogen-bond donors (Lipinski definition) is 1.